The first-order valence-electron chi connectivity index (χ1n) is 3.13. The first-order chi connectivity index (χ1) is 5.65. The molecule has 0 saturated carbocycles. The maximum absolute atomic E-state index is 10.4. The number of hydrogen-bond donors (Lipinski definition) is 1. The maximum Gasteiger partial charge on any atom is 0.335 e. The Labute approximate surface area is 73.6 Å². The van der Waals surface area contributed by atoms with Crippen molar-refractivity contribution in [3.63, 3.8) is 0 Å². The van der Waals surface area contributed by atoms with Crippen LogP contribution in [0.4, 0.5) is 0 Å². The molecule has 0 aromatic heterocycles. The number of benzene rings is 1. The smallest absolute Gasteiger partial charge is 0.335 e. The monoisotopic (exact) mass is 184 g/mol. The number of aldehydes is 1. The Bertz CT molecular complexity index is 333. The molecule has 0 amide bonds. The average molecular weight is 185 g/mol. The molecule has 1 rings (SSSR count). The third-order valence-corrected chi connectivity index (χ3v) is 1.70. The third-order valence-electron chi connectivity index (χ3n) is 1.37. The lowest BCUT2D eigenvalue weighted by atomic mass is 10.1. The van der Waals surface area contributed by atoms with Gasteiger partial charge in [-0.2, -0.15) is 0 Å². The number of carboxylic acids is 1. The first-order valence-corrected chi connectivity index (χ1v) is 3.51. The number of halogens is 1. The zero-order valence-electron chi connectivity index (χ0n) is 5.95. The molecule has 0 saturated heterocycles. The Balaban J connectivity index is 3.18. The second kappa shape index (κ2) is 3.36. The molecule has 0 fully saturated rings. The summed E-state index contributed by atoms with van der Waals surface area (Å²) in [5.41, 5.74) is 0.368. The highest BCUT2D eigenvalue weighted by Gasteiger charge is 2.05. The van der Waals surface area contributed by atoms with E-state index >= 15 is 0 Å². The highest BCUT2D eigenvalue weighted by molar-refractivity contribution is 6.33. The van der Waals surface area contributed by atoms with E-state index in [4.69, 9.17) is 16.7 Å². The molecule has 0 radical (unpaired) electrons. The van der Waals surface area contributed by atoms with Gasteiger partial charge in [0, 0.05) is 5.56 Å². The van der Waals surface area contributed by atoms with Crippen LogP contribution in [-0.4, -0.2) is 17.4 Å². The second-order valence-electron chi connectivity index (χ2n) is 2.16. The van der Waals surface area contributed by atoms with Crippen LogP contribution >= 0.6 is 11.6 Å². The number of carbonyl (C=O) groups is 2. The van der Waals surface area contributed by atoms with Gasteiger partial charge in [-0.05, 0) is 18.2 Å². The Kier molecular flexibility index (Phi) is 2.45. The average Bonchev–Trinajstić information content (AvgIpc) is 2.04. The molecule has 1 aromatic rings. The van der Waals surface area contributed by atoms with Crippen LogP contribution in [0.15, 0.2) is 18.2 Å². The maximum atomic E-state index is 10.4. The van der Waals surface area contributed by atoms with Gasteiger partial charge in [-0.15, -0.1) is 0 Å². The van der Waals surface area contributed by atoms with Crippen molar-refractivity contribution >= 4 is 23.9 Å². The number of carboxylic acid groups (broad SMARTS) is 1. The van der Waals surface area contributed by atoms with Crippen molar-refractivity contribution in [3.8, 4) is 0 Å². The van der Waals surface area contributed by atoms with Gasteiger partial charge >= 0.3 is 5.97 Å². The van der Waals surface area contributed by atoms with Gasteiger partial charge in [0.25, 0.3) is 0 Å². The molecule has 0 bridgehead atoms. The Morgan fingerprint density at radius 3 is 2.58 bits per heavy atom. The van der Waals surface area contributed by atoms with Gasteiger partial charge in [-0.1, -0.05) is 11.6 Å². The zero-order valence-corrected chi connectivity index (χ0v) is 6.71. The van der Waals surface area contributed by atoms with Gasteiger partial charge in [0.05, 0.1) is 10.6 Å². The van der Waals surface area contributed by atoms with Crippen molar-refractivity contribution in [2.75, 3.05) is 0 Å². The van der Waals surface area contributed by atoms with Gasteiger partial charge in [-0.3, -0.25) is 4.79 Å². The van der Waals surface area contributed by atoms with Crippen LogP contribution in [0.5, 0.6) is 0 Å². The highest BCUT2D eigenvalue weighted by atomic mass is 35.5. The molecule has 0 atom stereocenters. The molecular formula is C8H5ClO3. The van der Waals surface area contributed by atoms with Crippen molar-refractivity contribution in [1.29, 1.82) is 0 Å². The fourth-order valence-electron chi connectivity index (χ4n) is 0.756. The topological polar surface area (TPSA) is 54.4 Å². The molecule has 62 valence electrons. The Morgan fingerprint density at radius 2 is 2.17 bits per heavy atom. The quantitative estimate of drug-likeness (QED) is 0.714. The van der Waals surface area contributed by atoms with Crippen molar-refractivity contribution in [2.24, 2.45) is 0 Å². The Hall–Kier alpha value is -1.35. The van der Waals surface area contributed by atoms with Gasteiger partial charge < -0.3 is 5.11 Å². The summed E-state index contributed by atoms with van der Waals surface area (Å²) in [6.45, 7) is 0. The predicted molar refractivity (Wildman–Crippen MR) is 43.8 cm³/mol. The summed E-state index contributed by atoms with van der Waals surface area (Å²) in [5.74, 6) is -1.06. The predicted octanol–water partition coefficient (Wildman–Crippen LogP) is 1.85. The summed E-state index contributed by atoms with van der Waals surface area (Å²) >= 11 is 5.58. The van der Waals surface area contributed by atoms with Gasteiger partial charge in [0.2, 0.25) is 0 Å². The fraction of sp³-hybridized carbons (Fsp3) is 0. The van der Waals surface area contributed by atoms with E-state index in [1.807, 2.05) is 0 Å². The van der Waals surface area contributed by atoms with Crippen molar-refractivity contribution in [1.82, 2.24) is 0 Å². The fourth-order valence-corrected chi connectivity index (χ4v) is 0.981. The summed E-state index contributed by atoms with van der Waals surface area (Å²) < 4.78 is 0. The molecule has 0 heterocycles. The SMILES string of the molecule is O=Cc1ccc(C(=O)O)cc1Cl. The third kappa shape index (κ3) is 1.62. The van der Waals surface area contributed by atoms with E-state index in [0.717, 1.165) is 0 Å². The van der Waals surface area contributed by atoms with E-state index in [9.17, 15) is 9.59 Å². The van der Waals surface area contributed by atoms with Crippen LogP contribution in [0.1, 0.15) is 20.7 Å². The highest BCUT2D eigenvalue weighted by Crippen LogP contribution is 2.15. The summed E-state index contributed by atoms with van der Waals surface area (Å²) in [6, 6.07) is 3.95. The summed E-state index contributed by atoms with van der Waals surface area (Å²) in [4.78, 5) is 20.7. The number of rotatable bonds is 2. The lowest BCUT2D eigenvalue weighted by Crippen LogP contribution is -1.96. The zero-order chi connectivity index (χ0) is 9.14. The molecule has 0 aliphatic heterocycles. The first kappa shape index (κ1) is 8.74. The van der Waals surface area contributed by atoms with Crippen LogP contribution in [0, 0.1) is 0 Å². The molecule has 0 aliphatic rings. The van der Waals surface area contributed by atoms with Crippen LogP contribution in [0.2, 0.25) is 5.02 Å². The van der Waals surface area contributed by atoms with E-state index < -0.39 is 5.97 Å². The molecular weight excluding hydrogens is 180 g/mol. The minimum atomic E-state index is -1.06. The van der Waals surface area contributed by atoms with Crippen molar-refractivity contribution < 1.29 is 14.7 Å². The number of hydrogen-bond acceptors (Lipinski definition) is 2. The standard InChI is InChI=1S/C8H5ClO3/c9-7-3-5(8(11)12)1-2-6(7)4-10/h1-4H,(H,11,12). The molecule has 0 aliphatic carbocycles. The summed E-state index contributed by atoms with van der Waals surface area (Å²) in [5, 5.41) is 8.68. The van der Waals surface area contributed by atoms with Gasteiger partial charge in [-0.25, -0.2) is 4.79 Å². The molecule has 12 heavy (non-hydrogen) atoms. The lowest BCUT2D eigenvalue weighted by Gasteiger charge is -1.97. The van der Waals surface area contributed by atoms with Gasteiger partial charge in [0.1, 0.15) is 0 Å². The molecule has 0 unspecified atom stereocenters. The molecule has 1 aromatic carbocycles. The van der Waals surface area contributed by atoms with Crippen molar-refractivity contribution in [3.05, 3.63) is 34.3 Å². The van der Waals surface area contributed by atoms with Crippen LogP contribution in [0.3, 0.4) is 0 Å². The molecule has 1 N–H and O–H groups in total. The normalized spacial score (nSPS) is 9.42. The van der Waals surface area contributed by atoms with E-state index in [1.54, 1.807) is 0 Å². The van der Waals surface area contributed by atoms with Crippen LogP contribution in [-0.2, 0) is 0 Å². The Morgan fingerprint density at radius 1 is 1.50 bits per heavy atom. The van der Waals surface area contributed by atoms with Crippen molar-refractivity contribution in [2.45, 2.75) is 0 Å². The molecule has 3 nitrogen and oxygen atoms in total. The second-order valence-corrected chi connectivity index (χ2v) is 2.57. The van der Waals surface area contributed by atoms with Gasteiger partial charge in [0.15, 0.2) is 6.29 Å². The van der Waals surface area contributed by atoms with Crippen LogP contribution in [0.25, 0.3) is 0 Å². The van der Waals surface area contributed by atoms with E-state index in [2.05, 4.69) is 0 Å². The van der Waals surface area contributed by atoms with E-state index in [-0.39, 0.29) is 10.6 Å². The number of aromatic carboxylic acids is 1. The van der Waals surface area contributed by atoms with E-state index in [1.165, 1.54) is 18.2 Å². The minimum absolute atomic E-state index is 0.0746. The largest absolute Gasteiger partial charge is 0.478 e. The number of carbonyl (C=O) groups excluding carboxylic acids is 1. The molecule has 4 heteroatoms. The minimum Gasteiger partial charge on any atom is -0.478 e. The molecule has 0 spiro atoms. The summed E-state index contributed by atoms with van der Waals surface area (Å²) in [7, 11) is 0. The van der Waals surface area contributed by atoms with E-state index in [0.29, 0.717) is 11.8 Å². The van der Waals surface area contributed by atoms with Crippen LogP contribution < -0.4 is 0 Å². The summed E-state index contributed by atoms with van der Waals surface area (Å²) in [6.07, 6.45) is 0.577. The lowest BCUT2D eigenvalue weighted by molar-refractivity contribution is 0.0696.